The molecule has 0 fully saturated rings. The quantitative estimate of drug-likeness (QED) is 0.903. The highest BCUT2D eigenvalue weighted by Gasteiger charge is 2.18. The van der Waals surface area contributed by atoms with Crippen LogP contribution in [0.4, 0.5) is 0 Å². The number of rotatable bonds is 2. The zero-order valence-electron chi connectivity index (χ0n) is 13.1. The maximum absolute atomic E-state index is 12.0. The highest BCUT2D eigenvalue weighted by molar-refractivity contribution is 7.07. The molecule has 6 heteroatoms. The van der Waals surface area contributed by atoms with Crippen LogP contribution in [-0.4, -0.2) is 17.6 Å². The Balaban J connectivity index is 2.00. The lowest BCUT2D eigenvalue weighted by molar-refractivity contribution is -0.119. The second-order valence-corrected chi connectivity index (χ2v) is 7.38. The monoisotopic (exact) mass is 331 g/mol. The highest BCUT2D eigenvalue weighted by Crippen LogP contribution is 2.32. The fourth-order valence-corrected chi connectivity index (χ4v) is 2.90. The van der Waals surface area contributed by atoms with Crippen molar-refractivity contribution in [3.05, 3.63) is 43.3 Å². The van der Waals surface area contributed by atoms with E-state index in [0.29, 0.717) is 20.7 Å². The van der Waals surface area contributed by atoms with Gasteiger partial charge >= 0.3 is 0 Å². The third-order valence-electron chi connectivity index (χ3n) is 3.38. The lowest BCUT2D eigenvalue weighted by Crippen LogP contribution is -2.22. The Bertz CT molecular complexity index is 931. The second-order valence-electron chi connectivity index (χ2n) is 6.30. The number of benzene rings is 1. The van der Waals surface area contributed by atoms with Crippen LogP contribution in [-0.2, 0) is 4.79 Å². The van der Waals surface area contributed by atoms with E-state index < -0.39 is 5.41 Å². The van der Waals surface area contributed by atoms with E-state index in [1.807, 2.05) is 39.0 Å². The molecule has 0 bridgehead atoms. The van der Waals surface area contributed by atoms with Gasteiger partial charge < -0.3 is 14.5 Å². The third-order valence-corrected chi connectivity index (χ3v) is 4.34. The molecule has 2 aromatic rings. The zero-order valence-corrected chi connectivity index (χ0v) is 14.0. The molecule has 5 nitrogen and oxygen atoms in total. The lowest BCUT2D eigenvalue weighted by Gasteiger charge is -2.12. The first kappa shape index (κ1) is 15.6. The van der Waals surface area contributed by atoms with Gasteiger partial charge in [0, 0.05) is 11.5 Å². The zero-order chi connectivity index (χ0) is 16.6. The summed E-state index contributed by atoms with van der Waals surface area (Å²) in [5.41, 5.74) is 0.165. The molecule has 1 aliphatic heterocycles. The number of hydrogen-bond acceptors (Lipinski definition) is 5. The average Bonchev–Trinajstić information content (AvgIpc) is 3.04. The Kier molecular flexibility index (Phi) is 3.85. The summed E-state index contributed by atoms with van der Waals surface area (Å²) in [6.45, 7) is 5.75. The molecular weight excluding hydrogens is 314 g/mol. The average molecular weight is 331 g/mol. The maximum atomic E-state index is 12.0. The van der Waals surface area contributed by atoms with Crippen LogP contribution in [0, 0.1) is 5.41 Å². The van der Waals surface area contributed by atoms with E-state index in [4.69, 9.17) is 9.47 Å². The Hall–Kier alpha value is -2.34. The van der Waals surface area contributed by atoms with Crippen LogP contribution < -0.4 is 24.2 Å². The molecule has 23 heavy (non-hydrogen) atoms. The Labute approximate surface area is 136 Å². The van der Waals surface area contributed by atoms with E-state index in [9.17, 15) is 9.59 Å². The highest BCUT2D eigenvalue weighted by atomic mass is 32.1. The predicted molar refractivity (Wildman–Crippen MR) is 89.2 cm³/mol. The summed E-state index contributed by atoms with van der Waals surface area (Å²) in [7, 11) is 0. The molecule has 1 aromatic heterocycles. The van der Waals surface area contributed by atoms with Crippen molar-refractivity contribution in [1.82, 2.24) is 4.98 Å². The molecule has 0 unspecified atom stereocenters. The van der Waals surface area contributed by atoms with E-state index in [2.05, 4.69) is 4.98 Å². The summed E-state index contributed by atoms with van der Waals surface area (Å²) in [6, 6.07) is 5.49. The smallest absolute Gasteiger partial charge is 0.266 e. The summed E-state index contributed by atoms with van der Waals surface area (Å²) in [4.78, 5) is 26.8. The third kappa shape index (κ3) is 3.37. The van der Waals surface area contributed by atoms with Crippen molar-refractivity contribution < 1.29 is 14.3 Å². The fourth-order valence-electron chi connectivity index (χ4n) is 2.01. The number of aromatic nitrogens is 1. The number of nitrogens with one attached hydrogen (secondary N) is 1. The van der Waals surface area contributed by atoms with Crippen molar-refractivity contribution in [2.45, 2.75) is 20.8 Å². The van der Waals surface area contributed by atoms with E-state index >= 15 is 0 Å². The minimum absolute atomic E-state index is 0.0235. The van der Waals surface area contributed by atoms with Crippen molar-refractivity contribution >= 4 is 29.3 Å². The Morgan fingerprint density at radius 1 is 1.26 bits per heavy atom. The first-order valence-corrected chi connectivity index (χ1v) is 8.01. The summed E-state index contributed by atoms with van der Waals surface area (Å²) >= 11 is 1.26. The number of ketones is 1. The van der Waals surface area contributed by atoms with Crippen molar-refractivity contribution in [3.8, 4) is 11.5 Å². The van der Waals surface area contributed by atoms with Crippen LogP contribution in [0.1, 0.15) is 26.3 Å². The van der Waals surface area contributed by atoms with Gasteiger partial charge in [-0.1, -0.05) is 26.8 Å². The molecular formula is C17H17NO4S. The molecule has 3 rings (SSSR count). The molecule has 0 saturated heterocycles. The molecule has 0 aliphatic carbocycles. The van der Waals surface area contributed by atoms with Crippen LogP contribution in [0.25, 0.3) is 12.2 Å². The Morgan fingerprint density at radius 2 is 2.00 bits per heavy atom. The minimum atomic E-state index is -0.470. The number of ether oxygens (including phenoxy) is 2. The largest absolute Gasteiger partial charge is 0.454 e. The number of carbonyl (C=O) groups is 1. The number of thiazole rings is 1. The molecule has 0 atom stereocenters. The van der Waals surface area contributed by atoms with Crippen LogP contribution in [0.15, 0.2) is 23.0 Å². The molecule has 0 amide bonds. The van der Waals surface area contributed by atoms with Gasteiger partial charge in [-0.05, 0) is 23.8 Å². The van der Waals surface area contributed by atoms with Gasteiger partial charge in [0.2, 0.25) is 6.79 Å². The molecule has 2 heterocycles. The first-order valence-electron chi connectivity index (χ1n) is 7.19. The first-order chi connectivity index (χ1) is 10.8. The van der Waals surface area contributed by atoms with Gasteiger partial charge in [0.05, 0.1) is 9.20 Å². The van der Waals surface area contributed by atoms with Gasteiger partial charge in [0.15, 0.2) is 17.3 Å². The van der Waals surface area contributed by atoms with Crippen molar-refractivity contribution in [2.75, 3.05) is 6.79 Å². The van der Waals surface area contributed by atoms with E-state index in [-0.39, 0.29) is 18.1 Å². The van der Waals surface area contributed by atoms with Gasteiger partial charge in [-0.2, -0.15) is 0 Å². The number of aromatic amines is 1. The number of carbonyl (C=O) groups excluding carboxylic acids is 1. The summed E-state index contributed by atoms with van der Waals surface area (Å²) < 4.78 is 11.7. The number of H-pyrrole nitrogens is 1. The number of hydrogen-bond donors (Lipinski definition) is 1. The summed E-state index contributed by atoms with van der Waals surface area (Å²) in [5.74, 6) is 1.35. The van der Waals surface area contributed by atoms with Gasteiger partial charge in [0.1, 0.15) is 0 Å². The van der Waals surface area contributed by atoms with Crippen LogP contribution in [0.2, 0.25) is 0 Å². The van der Waals surface area contributed by atoms with E-state index in [1.54, 1.807) is 6.08 Å². The SMILES string of the molecule is CC(C)(C)C(=O)/C=c1\[nH]c(=O)/c(=C/c2ccc3c(c2)OCO3)s1. The maximum Gasteiger partial charge on any atom is 0.266 e. The topological polar surface area (TPSA) is 68.4 Å². The number of Topliss-reactive ketones (excluding diaryl/α,β-unsaturated/α-hetero) is 1. The van der Waals surface area contributed by atoms with Crippen molar-refractivity contribution in [1.29, 1.82) is 0 Å². The second kappa shape index (κ2) is 5.70. The van der Waals surface area contributed by atoms with Gasteiger partial charge in [-0.3, -0.25) is 9.59 Å². The molecule has 0 saturated carbocycles. The molecule has 1 aliphatic rings. The van der Waals surface area contributed by atoms with Crippen LogP contribution in [0.5, 0.6) is 11.5 Å². The van der Waals surface area contributed by atoms with Crippen molar-refractivity contribution in [2.24, 2.45) is 5.41 Å². The summed E-state index contributed by atoms with van der Waals surface area (Å²) in [5, 5.41) is 0. The summed E-state index contributed by atoms with van der Waals surface area (Å²) in [6.07, 6.45) is 3.26. The fraction of sp³-hybridized carbons (Fsp3) is 0.294. The molecule has 0 radical (unpaired) electrons. The predicted octanol–water partition coefficient (Wildman–Crippen LogP) is 1.39. The normalized spacial score (nSPS) is 15.3. The molecule has 0 spiro atoms. The van der Waals surface area contributed by atoms with Gasteiger partial charge in [-0.25, -0.2) is 0 Å². The van der Waals surface area contributed by atoms with Crippen molar-refractivity contribution in [3.63, 3.8) is 0 Å². The lowest BCUT2D eigenvalue weighted by atomic mass is 9.91. The minimum Gasteiger partial charge on any atom is -0.454 e. The van der Waals surface area contributed by atoms with E-state index in [1.165, 1.54) is 17.4 Å². The standard InChI is InChI=1S/C17H17NO4S/c1-17(2,3)14(19)8-15-18-16(20)13(23-15)7-10-4-5-11-12(6-10)22-9-21-11/h4-8H,9H2,1-3H3,(H,18,20)/b13-7-,15-8+. The van der Waals surface area contributed by atoms with Crippen LogP contribution in [0.3, 0.4) is 0 Å². The van der Waals surface area contributed by atoms with Gasteiger partial charge in [0.25, 0.3) is 5.56 Å². The van der Waals surface area contributed by atoms with Crippen LogP contribution >= 0.6 is 11.3 Å². The molecule has 1 aromatic carbocycles. The van der Waals surface area contributed by atoms with Gasteiger partial charge in [-0.15, -0.1) is 11.3 Å². The number of fused-ring (bicyclic) bond motifs is 1. The molecule has 120 valence electrons. The molecule has 1 N–H and O–H groups in total. The van der Waals surface area contributed by atoms with E-state index in [0.717, 1.165) is 5.56 Å². The Morgan fingerprint density at radius 3 is 2.74 bits per heavy atom.